The van der Waals surface area contributed by atoms with Gasteiger partial charge in [-0.1, -0.05) is 5.21 Å². The summed E-state index contributed by atoms with van der Waals surface area (Å²) in [6.45, 7) is 2.46. The Balaban J connectivity index is 1.70. The third kappa shape index (κ3) is 2.54. The maximum absolute atomic E-state index is 14.2. The van der Waals surface area contributed by atoms with E-state index < -0.39 is 6.10 Å². The SMILES string of the molecule is C[C@H]1Oc2cc(cnc2N)-c2c(C#N)nn3c2C(CC3)c2cnnn2-c2ccc(F)cc21. The van der Waals surface area contributed by atoms with Gasteiger partial charge in [0, 0.05) is 35.3 Å². The summed E-state index contributed by atoms with van der Waals surface area (Å²) in [4.78, 5) is 4.30. The molecule has 1 unspecified atom stereocenters. The van der Waals surface area contributed by atoms with Gasteiger partial charge in [-0.2, -0.15) is 10.4 Å². The zero-order valence-corrected chi connectivity index (χ0v) is 17.0. The molecule has 158 valence electrons. The Morgan fingerprint density at radius 3 is 3.00 bits per heavy atom. The van der Waals surface area contributed by atoms with E-state index in [0.29, 0.717) is 40.4 Å². The normalized spacial score (nSPS) is 18.4. The average Bonchev–Trinajstić information content (AvgIpc) is 3.49. The Labute approximate surface area is 181 Å². The van der Waals surface area contributed by atoms with Gasteiger partial charge in [-0.05, 0) is 37.6 Å². The van der Waals surface area contributed by atoms with E-state index in [-0.39, 0.29) is 17.6 Å². The molecule has 0 spiro atoms. The first-order valence-corrected chi connectivity index (χ1v) is 10.2. The number of ether oxygens (including phenoxy) is 1. The number of hydrogen-bond donors (Lipinski definition) is 1. The molecule has 0 fully saturated rings. The molecule has 0 saturated heterocycles. The lowest BCUT2D eigenvalue weighted by Crippen LogP contribution is -2.15. The lowest BCUT2D eigenvalue weighted by atomic mass is 9.93. The molecule has 9 nitrogen and oxygen atoms in total. The maximum atomic E-state index is 14.2. The minimum atomic E-state index is -0.558. The minimum Gasteiger partial charge on any atom is -0.482 e. The van der Waals surface area contributed by atoms with Crippen LogP contribution in [-0.2, 0) is 6.54 Å². The molecule has 2 N–H and O–H groups in total. The second kappa shape index (κ2) is 6.62. The fourth-order valence-corrected chi connectivity index (χ4v) is 4.69. The van der Waals surface area contributed by atoms with E-state index in [1.54, 1.807) is 29.2 Å². The van der Waals surface area contributed by atoms with Gasteiger partial charge in [0.05, 0.1) is 23.3 Å². The molecule has 2 bridgehead atoms. The molecule has 4 aromatic rings. The lowest BCUT2D eigenvalue weighted by Gasteiger charge is -2.22. The van der Waals surface area contributed by atoms with Crippen LogP contribution in [0.15, 0.2) is 36.7 Å². The van der Waals surface area contributed by atoms with Gasteiger partial charge in [0.25, 0.3) is 0 Å². The molecule has 0 radical (unpaired) electrons. The van der Waals surface area contributed by atoms with Gasteiger partial charge in [0.15, 0.2) is 17.3 Å². The number of benzene rings is 1. The second-order valence-corrected chi connectivity index (χ2v) is 7.93. The number of anilines is 1. The Morgan fingerprint density at radius 1 is 1.28 bits per heavy atom. The largest absolute Gasteiger partial charge is 0.482 e. The van der Waals surface area contributed by atoms with Crippen molar-refractivity contribution in [3.8, 4) is 28.6 Å². The average molecular weight is 428 g/mol. The maximum Gasteiger partial charge on any atom is 0.170 e. The summed E-state index contributed by atoms with van der Waals surface area (Å²) in [5, 5.41) is 22.8. The van der Waals surface area contributed by atoms with Crippen LogP contribution in [0, 0.1) is 17.1 Å². The van der Waals surface area contributed by atoms with Gasteiger partial charge in [0.1, 0.15) is 18.0 Å². The molecular formula is C22H17FN8O. The van der Waals surface area contributed by atoms with Gasteiger partial charge >= 0.3 is 0 Å². The molecule has 2 aliphatic heterocycles. The third-order valence-corrected chi connectivity index (χ3v) is 6.12. The quantitative estimate of drug-likeness (QED) is 0.457. The van der Waals surface area contributed by atoms with Gasteiger partial charge in [-0.3, -0.25) is 4.68 Å². The van der Waals surface area contributed by atoms with E-state index in [4.69, 9.17) is 10.5 Å². The summed E-state index contributed by atoms with van der Waals surface area (Å²) >= 11 is 0. The van der Waals surface area contributed by atoms with Crippen LogP contribution in [-0.4, -0.2) is 29.8 Å². The van der Waals surface area contributed by atoms with Crippen LogP contribution in [0.1, 0.15) is 48.0 Å². The highest BCUT2D eigenvalue weighted by atomic mass is 19.1. The number of aromatic nitrogens is 6. The Hall–Kier alpha value is -4.26. The number of nitrogens with zero attached hydrogens (tertiary/aromatic N) is 7. The van der Waals surface area contributed by atoms with Crippen LogP contribution in [0.5, 0.6) is 5.75 Å². The van der Waals surface area contributed by atoms with Gasteiger partial charge in [-0.15, -0.1) is 5.10 Å². The molecule has 3 aromatic heterocycles. The Morgan fingerprint density at radius 2 is 2.16 bits per heavy atom. The molecule has 6 rings (SSSR count). The molecular weight excluding hydrogens is 411 g/mol. The fraction of sp³-hybridized carbons (Fsp3) is 0.227. The van der Waals surface area contributed by atoms with Crippen molar-refractivity contribution in [3.05, 3.63) is 65.1 Å². The summed E-state index contributed by atoms with van der Waals surface area (Å²) in [7, 11) is 0. The van der Waals surface area contributed by atoms with Crippen LogP contribution < -0.4 is 10.5 Å². The highest BCUT2D eigenvalue weighted by molar-refractivity contribution is 5.75. The molecule has 2 atom stereocenters. The van der Waals surface area contributed by atoms with Crippen LogP contribution >= 0.6 is 0 Å². The number of rotatable bonds is 0. The highest BCUT2D eigenvalue weighted by Crippen LogP contribution is 2.44. The summed E-state index contributed by atoms with van der Waals surface area (Å²) < 4.78 is 23.9. The van der Waals surface area contributed by atoms with E-state index in [0.717, 1.165) is 17.8 Å². The first kappa shape index (κ1) is 18.5. The van der Waals surface area contributed by atoms with Crippen LogP contribution in [0.25, 0.3) is 16.8 Å². The Bertz CT molecular complexity index is 1430. The van der Waals surface area contributed by atoms with Crippen LogP contribution in [0.3, 0.4) is 0 Å². The van der Waals surface area contributed by atoms with Crippen molar-refractivity contribution in [3.63, 3.8) is 0 Å². The number of pyridine rings is 1. The number of nitrogens with two attached hydrogens (primary N) is 1. The molecule has 5 heterocycles. The van der Waals surface area contributed by atoms with Crippen molar-refractivity contribution in [2.24, 2.45) is 0 Å². The monoisotopic (exact) mass is 428 g/mol. The van der Waals surface area contributed by atoms with Crippen LogP contribution in [0.2, 0.25) is 0 Å². The predicted molar refractivity (Wildman–Crippen MR) is 111 cm³/mol. The first-order chi connectivity index (χ1) is 15.5. The van der Waals surface area contributed by atoms with E-state index in [9.17, 15) is 9.65 Å². The standard InChI is InChI=1S/C22H17FN8O/c1-11-15-7-13(23)2-3-17(15)31-18(10-27-29-31)14-4-5-30-21(14)20(16(8-24)28-30)12-6-19(32-11)22(25)26-9-12/h2-3,6-7,9-11,14H,4-5H2,1H3,(H2,25,26)/t11-,14?/m1/s1. The highest BCUT2D eigenvalue weighted by Gasteiger charge is 2.35. The van der Waals surface area contributed by atoms with E-state index >= 15 is 0 Å². The number of nitrogen functional groups attached to an aromatic ring is 1. The molecule has 2 aliphatic rings. The predicted octanol–water partition coefficient (Wildman–Crippen LogP) is 3.11. The van der Waals surface area contributed by atoms with E-state index in [1.807, 2.05) is 11.6 Å². The summed E-state index contributed by atoms with van der Waals surface area (Å²) in [6.07, 6.45) is 3.54. The molecule has 0 aliphatic carbocycles. The molecule has 32 heavy (non-hydrogen) atoms. The van der Waals surface area contributed by atoms with Gasteiger partial charge in [-0.25, -0.2) is 14.1 Å². The number of aryl methyl sites for hydroxylation is 1. The van der Waals surface area contributed by atoms with Crippen molar-refractivity contribution >= 4 is 5.82 Å². The molecule has 1 aromatic carbocycles. The molecule has 10 heteroatoms. The smallest absolute Gasteiger partial charge is 0.170 e. The van der Waals surface area contributed by atoms with Gasteiger partial charge in [0.2, 0.25) is 0 Å². The Kier molecular flexibility index (Phi) is 3.83. The summed E-state index contributed by atoms with van der Waals surface area (Å²) in [6, 6.07) is 8.46. The van der Waals surface area contributed by atoms with Crippen molar-refractivity contribution in [2.45, 2.75) is 31.9 Å². The second-order valence-electron chi connectivity index (χ2n) is 7.93. The summed E-state index contributed by atoms with van der Waals surface area (Å²) in [5.41, 5.74) is 10.8. The fourth-order valence-electron chi connectivity index (χ4n) is 4.69. The summed E-state index contributed by atoms with van der Waals surface area (Å²) in [5.74, 6) is 0.0655. The van der Waals surface area contributed by atoms with Crippen molar-refractivity contribution < 1.29 is 9.13 Å². The number of fused-ring (bicyclic) bond motifs is 7. The topological polar surface area (TPSA) is 120 Å². The van der Waals surface area contributed by atoms with E-state index in [2.05, 4.69) is 26.5 Å². The molecule has 0 saturated carbocycles. The van der Waals surface area contributed by atoms with Gasteiger partial charge < -0.3 is 10.5 Å². The lowest BCUT2D eigenvalue weighted by molar-refractivity contribution is 0.226. The zero-order chi connectivity index (χ0) is 22.0. The zero-order valence-electron chi connectivity index (χ0n) is 17.0. The molecule has 0 amide bonds. The van der Waals surface area contributed by atoms with Crippen molar-refractivity contribution in [1.29, 1.82) is 5.26 Å². The number of halogens is 1. The van der Waals surface area contributed by atoms with Crippen LogP contribution in [0.4, 0.5) is 10.2 Å². The van der Waals surface area contributed by atoms with Crippen molar-refractivity contribution in [1.82, 2.24) is 29.8 Å². The first-order valence-electron chi connectivity index (χ1n) is 10.2. The van der Waals surface area contributed by atoms with E-state index in [1.165, 1.54) is 12.1 Å². The number of nitriles is 1. The minimum absolute atomic E-state index is 0.107. The number of hydrogen-bond acceptors (Lipinski definition) is 7. The van der Waals surface area contributed by atoms with Crippen molar-refractivity contribution in [2.75, 3.05) is 5.73 Å². The third-order valence-electron chi connectivity index (χ3n) is 6.12.